The SMILES string of the molecule is CC(C)(C)OC(=O)NCCNc1ccc(N)c2cccnc12. The molecule has 1 aromatic heterocycles. The van der Waals surface area contributed by atoms with Gasteiger partial charge in [-0.3, -0.25) is 4.98 Å². The quantitative estimate of drug-likeness (QED) is 0.597. The molecule has 0 aliphatic heterocycles. The van der Waals surface area contributed by atoms with E-state index < -0.39 is 11.7 Å². The fourth-order valence-corrected chi connectivity index (χ4v) is 2.01. The van der Waals surface area contributed by atoms with Gasteiger partial charge in [-0.05, 0) is 45.0 Å². The maximum Gasteiger partial charge on any atom is 0.407 e. The van der Waals surface area contributed by atoms with Gasteiger partial charge in [0.1, 0.15) is 5.60 Å². The number of nitrogens with zero attached hydrogens (tertiary/aromatic N) is 1. The number of benzene rings is 1. The molecule has 22 heavy (non-hydrogen) atoms. The summed E-state index contributed by atoms with van der Waals surface area (Å²) in [6.07, 6.45) is 1.31. The van der Waals surface area contributed by atoms with Gasteiger partial charge < -0.3 is 21.1 Å². The van der Waals surface area contributed by atoms with E-state index in [0.717, 1.165) is 16.6 Å². The van der Waals surface area contributed by atoms with E-state index in [2.05, 4.69) is 15.6 Å². The Morgan fingerprint density at radius 1 is 1.27 bits per heavy atom. The fraction of sp³-hybridized carbons (Fsp3) is 0.375. The molecule has 6 heteroatoms. The van der Waals surface area contributed by atoms with Crippen molar-refractivity contribution in [3.63, 3.8) is 0 Å². The molecule has 0 spiro atoms. The molecule has 0 radical (unpaired) electrons. The number of alkyl carbamates (subject to hydrolysis) is 1. The van der Waals surface area contributed by atoms with Crippen molar-refractivity contribution < 1.29 is 9.53 Å². The second kappa shape index (κ2) is 6.51. The molecule has 0 bridgehead atoms. The first-order valence-corrected chi connectivity index (χ1v) is 7.21. The zero-order chi connectivity index (χ0) is 16.2. The number of nitrogen functional groups attached to an aromatic ring is 1. The van der Waals surface area contributed by atoms with Gasteiger partial charge in [-0.25, -0.2) is 4.79 Å². The Morgan fingerprint density at radius 3 is 2.77 bits per heavy atom. The molecule has 0 aliphatic carbocycles. The molecule has 0 atom stereocenters. The van der Waals surface area contributed by atoms with Crippen LogP contribution in [0.25, 0.3) is 10.9 Å². The molecule has 1 aromatic carbocycles. The number of rotatable bonds is 4. The number of hydrogen-bond acceptors (Lipinski definition) is 5. The molecule has 1 heterocycles. The van der Waals surface area contributed by atoms with Gasteiger partial charge in [-0.2, -0.15) is 0 Å². The number of nitrogens with one attached hydrogen (secondary N) is 2. The normalized spacial score (nSPS) is 11.2. The number of fused-ring (bicyclic) bond motifs is 1. The first kappa shape index (κ1) is 15.9. The summed E-state index contributed by atoms with van der Waals surface area (Å²) in [6, 6.07) is 7.51. The highest BCUT2D eigenvalue weighted by Gasteiger charge is 2.15. The van der Waals surface area contributed by atoms with Crippen LogP contribution < -0.4 is 16.4 Å². The molecule has 2 aromatic rings. The van der Waals surface area contributed by atoms with E-state index in [1.807, 2.05) is 45.0 Å². The summed E-state index contributed by atoms with van der Waals surface area (Å²) >= 11 is 0. The van der Waals surface area contributed by atoms with Crippen molar-refractivity contribution in [2.75, 3.05) is 24.1 Å². The lowest BCUT2D eigenvalue weighted by atomic mass is 10.1. The molecule has 0 saturated heterocycles. The van der Waals surface area contributed by atoms with Crippen LogP contribution in [0.15, 0.2) is 30.5 Å². The number of nitrogens with two attached hydrogens (primary N) is 1. The van der Waals surface area contributed by atoms with E-state index >= 15 is 0 Å². The lowest BCUT2D eigenvalue weighted by Gasteiger charge is -2.19. The minimum atomic E-state index is -0.491. The lowest BCUT2D eigenvalue weighted by Crippen LogP contribution is -2.35. The van der Waals surface area contributed by atoms with Crippen molar-refractivity contribution >= 4 is 28.4 Å². The Bertz CT molecular complexity index is 665. The Kier molecular flexibility index (Phi) is 4.70. The summed E-state index contributed by atoms with van der Waals surface area (Å²) in [5, 5.41) is 6.85. The van der Waals surface area contributed by atoms with Crippen molar-refractivity contribution in [2.45, 2.75) is 26.4 Å². The van der Waals surface area contributed by atoms with E-state index in [1.165, 1.54) is 0 Å². The first-order valence-electron chi connectivity index (χ1n) is 7.21. The van der Waals surface area contributed by atoms with Gasteiger partial charge in [0.2, 0.25) is 0 Å². The highest BCUT2D eigenvalue weighted by molar-refractivity contribution is 5.98. The van der Waals surface area contributed by atoms with Crippen LogP contribution in [0.1, 0.15) is 20.8 Å². The smallest absolute Gasteiger partial charge is 0.407 e. The Hall–Kier alpha value is -2.50. The number of aromatic nitrogens is 1. The van der Waals surface area contributed by atoms with Crippen LogP contribution in [0.4, 0.5) is 16.2 Å². The zero-order valence-electron chi connectivity index (χ0n) is 13.1. The van der Waals surface area contributed by atoms with Crippen LogP contribution in [0.3, 0.4) is 0 Å². The highest BCUT2D eigenvalue weighted by Crippen LogP contribution is 2.25. The highest BCUT2D eigenvalue weighted by atomic mass is 16.6. The third kappa shape index (κ3) is 4.25. The Morgan fingerprint density at radius 2 is 2.05 bits per heavy atom. The van der Waals surface area contributed by atoms with Crippen molar-refractivity contribution in [3.8, 4) is 0 Å². The summed E-state index contributed by atoms with van der Waals surface area (Å²) in [5.41, 5.74) is 7.84. The molecular weight excluding hydrogens is 280 g/mol. The van der Waals surface area contributed by atoms with Gasteiger partial charge in [-0.1, -0.05) is 0 Å². The Balaban J connectivity index is 1.91. The van der Waals surface area contributed by atoms with Crippen LogP contribution in [0.5, 0.6) is 0 Å². The molecule has 2 rings (SSSR count). The van der Waals surface area contributed by atoms with Crippen molar-refractivity contribution in [1.29, 1.82) is 0 Å². The monoisotopic (exact) mass is 302 g/mol. The molecule has 1 amide bonds. The molecular formula is C16H22N4O2. The standard InChI is InChI=1S/C16H22N4O2/c1-16(2,3)22-15(21)20-10-9-18-13-7-6-12(17)11-5-4-8-19-14(11)13/h4-8,18H,9-10,17H2,1-3H3,(H,20,21). The van der Waals surface area contributed by atoms with Gasteiger partial charge in [0.05, 0.1) is 11.2 Å². The third-order valence-electron chi connectivity index (χ3n) is 2.91. The predicted molar refractivity (Wildman–Crippen MR) is 88.9 cm³/mol. The van der Waals surface area contributed by atoms with Crippen LogP contribution in [0.2, 0.25) is 0 Å². The summed E-state index contributed by atoms with van der Waals surface area (Å²) in [7, 11) is 0. The average Bonchev–Trinajstić information content (AvgIpc) is 2.44. The molecule has 6 nitrogen and oxygen atoms in total. The third-order valence-corrected chi connectivity index (χ3v) is 2.91. The zero-order valence-corrected chi connectivity index (χ0v) is 13.1. The molecule has 118 valence electrons. The van der Waals surface area contributed by atoms with E-state index in [0.29, 0.717) is 18.8 Å². The summed E-state index contributed by atoms with van der Waals surface area (Å²) in [4.78, 5) is 15.9. The number of carbonyl (C=O) groups is 1. The van der Waals surface area contributed by atoms with Crippen LogP contribution in [0, 0.1) is 0 Å². The average molecular weight is 302 g/mol. The van der Waals surface area contributed by atoms with Crippen molar-refractivity contribution in [2.24, 2.45) is 0 Å². The molecule has 0 unspecified atom stereocenters. The minimum Gasteiger partial charge on any atom is -0.444 e. The van der Waals surface area contributed by atoms with Gasteiger partial charge >= 0.3 is 6.09 Å². The summed E-state index contributed by atoms with van der Waals surface area (Å²) in [5.74, 6) is 0. The fourth-order valence-electron chi connectivity index (χ4n) is 2.01. The first-order chi connectivity index (χ1) is 10.4. The number of amides is 1. The van der Waals surface area contributed by atoms with Crippen LogP contribution in [-0.4, -0.2) is 29.8 Å². The molecule has 0 saturated carbocycles. The van der Waals surface area contributed by atoms with E-state index in [4.69, 9.17) is 10.5 Å². The van der Waals surface area contributed by atoms with E-state index in [1.54, 1.807) is 6.20 Å². The number of carbonyl (C=O) groups excluding carboxylic acids is 1. The van der Waals surface area contributed by atoms with Gasteiger partial charge in [-0.15, -0.1) is 0 Å². The largest absolute Gasteiger partial charge is 0.444 e. The number of pyridine rings is 1. The van der Waals surface area contributed by atoms with Crippen LogP contribution in [-0.2, 0) is 4.74 Å². The molecule has 0 fully saturated rings. The number of ether oxygens (including phenoxy) is 1. The number of anilines is 2. The second-order valence-electron chi connectivity index (χ2n) is 5.96. The molecule has 0 aliphatic rings. The number of hydrogen-bond donors (Lipinski definition) is 3. The van der Waals surface area contributed by atoms with Crippen molar-refractivity contribution in [1.82, 2.24) is 10.3 Å². The summed E-state index contributed by atoms with van der Waals surface area (Å²) < 4.78 is 5.17. The molecule has 4 N–H and O–H groups in total. The predicted octanol–water partition coefficient (Wildman–Crippen LogP) is 2.75. The van der Waals surface area contributed by atoms with Crippen LogP contribution >= 0.6 is 0 Å². The topological polar surface area (TPSA) is 89.3 Å². The second-order valence-corrected chi connectivity index (χ2v) is 5.96. The van der Waals surface area contributed by atoms with E-state index in [-0.39, 0.29) is 0 Å². The van der Waals surface area contributed by atoms with Gasteiger partial charge in [0, 0.05) is 30.4 Å². The van der Waals surface area contributed by atoms with Gasteiger partial charge in [0.15, 0.2) is 0 Å². The Labute approximate surface area is 130 Å². The van der Waals surface area contributed by atoms with Crippen molar-refractivity contribution in [3.05, 3.63) is 30.5 Å². The minimum absolute atomic E-state index is 0.422. The summed E-state index contributed by atoms with van der Waals surface area (Å²) in [6.45, 7) is 6.51. The van der Waals surface area contributed by atoms with E-state index in [9.17, 15) is 4.79 Å². The maximum atomic E-state index is 11.5. The maximum absolute atomic E-state index is 11.5. The van der Waals surface area contributed by atoms with Gasteiger partial charge in [0.25, 0.3) is 0 Å². The lowest BCUT2D eigenvalue weighted by molar-refractivity contribution is 0.0530.